The number of aryl methyl sites for hydroxylation is 3. The van der Waals surface area contributed by atoms with Crippen LogP contribution in [0.3, 0.4) is 0 Å². The minimum Gasteiger partial charge on any atom is -0.481 e. The van der Waals surface area contributed by atoms with E-state index in [4.69, 9.17) is 9.72 Å². The summed E-state index contributed by atoms with van der Waals surface area (Å²) in [6.45, 7) is 6.06. The monoisotopic (exact) mass is 448 g/mol. The van der Waals surface area contributed by atoms with Gasteiger partial charge in [-0.25, -0.2) is 14.6 Å². The zero-order valence-electron chi connectivity index (χ0n) is 19.8. The van der Waals surface area contributed by atoms with Crippen LogP contribution in [0.25, 0.3) is 0 Å². The molecule has 0 saturated carbocycles. The molecule has 8 heteroatoms. The van der Waals surface area contributed by atoms with Crippen LogP contribution in [0.5, 0.6) is 5.88 Å². The Kier molecular flexibility index (Phi) is 7.03. The molecule has 8 nitrogen and oxygen atoms in total. The van der Waals surface area contributed by atoms with Crippen molar-refractivity contribution in [3.63, 3.8) is 0 Å². The van der Waals surface area contributed by atoms with Gasteiger partial charge in [0.25, 0.3) is 5.91 Å². The molecular weight excluding hydrogens is 416 g/mol. The summed E-state index contributed by atoms with van der Waals surface area (Å²) >= 11 is 0. The van der Waals surface area contributed by atoms with Gasteiger partial charge in [0.05, 0.1) is 35.7 Å². The highest BCUT2D eigenvalue weighted by Gasteiger charge is 2.29. The molecule has 33 heavy (non-hydrogen) atoms. The third-order valence-electron chi connectivity index (χ3n) is 6.29. The molecule has 0 radical (unpaired) electrons. The van der Waals surface area contributed by atoms with E-state index in [9.17, 15) is 4.79 Å². The Morgan fingerprint density at radius 1 is 1.18 bits per heavy atom. The van der Waals surface area contributed by atoms with Gasteiger partial charge in [-0.05, 0) is 38.8 Å². The molecule has 4 rings (SSSR count). The molecule has 2 aromatic heterocycles. The SMILES string of the molecule is COc1c(CN2CCCC[C@@H]2c2ncc(C(=O)NCc3ccccc3)c(C)n2)c(C)nn1C. The lowest BCUT2D eigenvalue weighted by molar-refractivity contribution is 0.0948. The number of likely N-dealkylation sites (tertiary alicyclic amines) is 1. The fraction of sp³-hybridized carbons (Fsp3) is 0.440. The fourth-order valence-corrected chi connectivity index (χ4v) is 4.54. The first-order valence-corrected chi connectivity index (χ1v) is 11.4. The van der Waals surface area contributed by atoms with E-state index in [-0.39, 0.29) is 11.9 Å². The van der Waals surface area contributed by atoms with Gasteiger partial charge in [0.15, 0.2) is 0 Å². The Hall–Kier alpha value is -3.26. The minimum absolute atomic E-state index is 0.100. The maximum atomic E-state index is 12.7. The number of methoxy groups -OCH3 is 1. The summed E-state index contributed by atoms with van der Waals surface area (Å²) in [5, 5.41) is 7.48. The lowest BCUT2D eigenvalue weighted by atomic mass is 10.00. The Bertz CT molecular complexity index is 1110. The molecule has 1 amide bonds. The normalized spacial score (nSPS) is 16.5. The van der Waals surface area contributed by atoms with Gasteiger partial charge in [-0.2, -0.15) is 5.10 Å². The Morgan fingerprint density at radius 3 is 2.70 bits per heavy atom. The number of piperidine rings is 1. The molecule has 1 fully saturated rings. The van der Waals surface area contributed by atoms with Crippen molar-refractivity contribution < 1.29 is 9.53 Å². The predicted octanol–water partition coefficient (Wildman–Crippen LogP) is 3.49. The van der Waals surface area contributed by atoms with Gasteiger partial charge in [-0.3, -0.25) is 9.69 Å². The third kappa shape index (κ3) is 5.06. The first-order valence-electron chi connectivity index (χ1n) is 11.4. The second-order valence-electron chi connectivity index (χ2n) is 8.57. The van der Waals surface area contributed by atoms with Crippen LogP contribution >= 0.6 is 0 Å². The van der Waals surface area contributed by atoms with Crippen molar-refractivity contribution in [2.75, 3.05) is 13.7 Å². The quantitative estimate of drug-likeness (QED) is 0.596. The van der Waals surface area contributed by atoms with Crippen molar-refractivity contribution in [1.82, 2.24) is 30.0 Å². The van der Waals surface area contributed by atoms with Gasteiger partial charge >= 0.3 is 0 Å². The number of ether oxygens (including phenoxy) is 1. The van der Waals surface area contributed by atoms with Gasteiger partial charge in [-0.1, -0.05) is 36.8 Å². The number of nitrogens with one attached hydrogen (secondary N) is 1. The zero-order valence-corrected chi connectivity index (χ0v) is 19.8. The van der Waals surface area contributed by atoms with E-state index in [2.05, 4.69) is 20.3 Å². The second-order valence-corrected chi connectivity index (χ2v) is 8.57. The summed E-state index contributed by atoms with van der Waals surface area (Å²) in [6.07, 6.45) is 4.92. The highest BCUT2D eigenvalue weighted by atomic mass is 16.5. The van der Waals surface area contributed by atoms with Crippen molar-refractivity contribution in [1.29, 1.82) is 0 Å². The van der Waals surface area contributed by atoms with E-state index >= 15 is 0 Å². The summed E-state index contributed by atoms with van der Waals surface area (Å²) in [5.41, 5.74) is 4.34. The molecule has 0 unspecified atom stereocenters. The number of nitrogens with zero attached hydrogens (tertiary/aromatic N) is 5. The molecule has 0 bridgehead atoms. The molecular formula is C25H32N6O2. The molecule has 1 aliphatic rings. The predicted molar refractivity (Wildman–Crippen MR) is 126 cm³/mol. The van der Waals surface area contributed by atoms with Crippen molar-refractivity contribution in [3.05, 3.63) is 70.4 Å². The molecule has 1 atom stereocenters. The van der Waals surface area contributed by atoms with E-state index in [1.165, 1.54) is 0 Å². The van der Waals surface area contributed by atoms with Crippen LogP contribution in [-0.2, 0) is 20.1 Å². The smallest absolute Gasteiger partial charge is 0.254 e. The van der Waals surface area contributed by atoms with Crippen LogP contribution in [0.2, 0.25) is 0 Å². The number of hydrogen-bond acceptors (Lipinski definition) is 6. The molecule has 1 aromatic carbocycles. The standard InChI is InChI=1S/C25H32N6O2/c1-17-20(24(32)27-14-19-10-6-5-7-11-19)15-26-23(28-17)22-12-8-9-13-31(22)16-21-18(2)29-30(3)25(21)33-4/h5-7,10-11,15,22H,8-9,12-14,16H2,1-4H3,(H,27,32)/t22-/m1/s1. The minimum atomic E-state index is -0.154. The van der Waals surface area contributed by atoms with Crippen LogP contribution in [0.15, 0.2) is 36.5 Å². The van der Waals surface area contributed by atoms with Gasteiger partial charge in [0.1, 0.15) is 5.82 Å². The number of carbonyl (C=O) groups excluding carboxylic acids is 1. The van der Waals surface area contributed by atoms with Crippen molar-refractivity contribution >= 4 is 5.91 Å². The van der Waals surface area contributed by atoms with Crippen LogP contribution in [0.1, 0.15) is 64.0 Å². The van der Waals surface area contributed by atoms with Crippen LogP contribution in [-0.4, -0.2) is 44.2 Å². The van der Waals surface area contributed by atoms with E-state index in [1.807, 2.05) is 51.2 Å². The van der Waals surface area contributed by atoms with Crippen molar-refractivity contribution in [2.24, 2.45) is 7.05 Å². The highest BCUT2D eigenvalue weighted by Crippen LogP contribution is 2.33. The highest BCUT2D eigenvalue weighted by molar-refractivity contribution is 5.94. The molecule has 1 saturated heterocycles. The number of hydrogen-bond donors (Lipinski definition) is 1. The molecule has 1 N–H and O–H groups in total. The Labute approximate surface area is 195 Å². The number of benzene rings is 1. The van der Waals surface area contributed by atoms with Gasteiger partial charge in [-0.15, -0.1) is 0 Å². The summed E-state index contributed by atoms with van der Waals surface area (Å²) < 4.78 is 7.38. The maximum absolute atomic E-state index is 12.7. The average Bonchev–Trinajstić information content (AvgIpc) is 3.10. The maximum Gasteiger partial charge on any atom is 0.254 e. The molecule has 1 aliphatic heterocycles. The summed E-state index contributed by atoms with van der Waals surface area (Å²) in [6, 6.07) is 9.96. The van der Waals surface area contributed by atoms with Gasteiger partial charge < -0.3 is 10.1 Å². The number of amides is 1. The van der Waals surface area contributed by atoms with Crippen LogP contribution in [0.4, 0.5) is 0 Å². The molecule has 3 aromatic rings. The molecule has 0 spiro atoms. The first kappa shape index (κ1) is 22.9. The van der Waals surface area contributed by atoms with E-state index in [1.54, 1.807) is 18.0 Å². The first-order chi connectivity index (χ1) is 16.0. The third-order valence-corrected chi connectivity index (χ3v) is 6.29. The largest absolute Gasteiger partial charge is 0.481 e. The number of aromatic nitrogens is 4. The van der Waals surface area contributed by atoms with E-state index in [0.717, 1.165) is 60.9 Å². The van der Waals surface area contributed by atoms with Crippen LogP contribution < -0.4 is 10.1 Å². The van der Waals surface area contributed by atoms with Crippen molar-refractivity contribution in [2.45, 2.75) is 52.2 Å². The summed E-state index contributed by atoms with van der Waals surface area (Å²) in [5.74, 6) is 1.41. The zero-order chi connectivity index (χ0) is 23.4. The van der Waals surface area contributed by atoms with E-state index in [0.29, 0.717) is 17.8 Å². The van der Waals surface area contributed by atoms with Gasteiger partial charge in [0, 0.05) is 26.3 Å². The lowest BCUT2D eigenvalue weighted by Crippen LogP contribution is -2.34. The van der Waals surface area contributed by atoms with Crippen LogP contribution in [0, 0.1) is 13.8 Å². The molecule has 174 valence electrons. The average molecular weight is 449 g/mol. The Balaban J connectivity index is 1.50. The number of rotatable bonds is 7. The van der Waals surface area contributed by atoms with E-state index < -0.39 is 0 Å². The topological polar surface area (TPSA) is 85.2 Å². The fourth-order valence-electron chi connectivity index (χ4n) is 4.54. The Morgan fingerprint density at radius 2 is 1.97 bits per heavy atom. The lowest BCUT2D eigenvalue weighted by Gasteiger charge is -2.34. The summed E-state index contributed by atoms with van der Waals surface area (Å²) in [4.78, 5) is 24.5. The van der Waals surface area contributed by atoms with Gasteiger partial charge in [0.2, 0.25) is 5.88 Å². The number of carbonyl (C=O) groups is 1. The molecule has 0 aliphatic carbocycles. The van der Waals surface area contributed by atoms with Crippen molar-refractivity contribution in [3.8, 4) is 5.88 Å². The summed E-state index contributed by atoms with van der Waals surface area (Å²) in [7, 11) is 3.58. The second kappa shape index (κ2) is 10.1. The molecule has 3 heterocycles.